The van der Waals surface area contributed by atoms with Crippen molar-refractivity contribution in [1.82, 2.24) is 0 Å². The van der Waals surface area contributed by atoms with Gasteiger partial charge in [-0.05, 0) is 60.1 Å². The molecule has 0 aliphatic carbocycles. The fourth-order valence-electron chi connectivity index (χ4n) is 2.01. The van der Waals surface area contributed by atoms with E-state index in [0.717, 1.165) is 23.9 Å². The summed E-state index contributed by atoms with van der Waals surface area (Å²) in [5.74, 6) is 0.293. The molecule has 1 rings (SSSR count). The van der Waals surface area contributed by atoms with Crippen LogP contribution in [0, 0.1) is 12.8 Å². The molecule has 1 atom stereocenters. The summed E-state index contributed by atoms with van der Waals surface area (Å²) in [6.45, 7) is 8.41. The van der Waals surface area contributed by atoms with Crippen molar-refractivity contribution in [3.63, 3.8) is 0 Å². The van der Waals surface area contributed by atoms with Crippen LogP contribution in [0.5, 0.6) is 0 Å². The molecule has 0 saturated heterocycles. The molecule has 0 heterocycles. The number of aryl methyl sites for hydroxylation is 1. The van der Waals surface area contributed by atoms with E-state index in [1.54, 1.807) is 11.8 Å². The normalized spacial score (nSPS) is 14.8. The molecule has 2 heteroatoms. The van der Waals surface area contributed by atoms with Crippen LogP contribution < -0.4 is 0 Å². The maximum absolute atomic E-state index is 11.4. The molecule has 0 radical (unpaired) electrons. The summed E-state index contributed by atoms with van der Waals surface area (Å²) in [5.41, 5.74) is 4.44. The van der Waals surface area contributed by atoms with Gasteiger partial charge in [0, 0.05) is 0 Å². The summed E-state index contributed by atoms with van der Waals surface area (Å²) in [4.78, 5) is 12.6. The minimum atomic E-state index is 0.293. The second-order valence-corrected chi connectivity index (χ2v) is 6.14. The van der Waals surface area contributed by atoms with Crippen molar-refractivity contribution in [2.45, 2.75) is 34.1 Å². The smallest absolute Gasteiger partial charge is 0.146 e. The molecule has 0 N–H and O–H groups in total. The molecular weight excluding hydrogens is 264 g/mol. The van der Waals surface area contributed by atoms with Crippen molar-refractivity contribution in [3.8, 4) is 0 Å². The van der Waals surface area contributed by atoms with Crippen LogP contribution in [0.1, 0.15) is 38.3 Å². The summed E-state index contributed by atoms with van der Waals surface area (Å²) in [6, 6.07) is 8.44. The number of allylic oxidation sites excluding steroid dienone is 4. The van der Waals surface area contributed by atoms with Gasteiger partial charge >= 0.3 is 0 Å². The number of rotatable bonds is 6. The maximum atomic E-state index is 11.4. The number of hydrogen-bond acceptors (Lipinski definition) is 2. The predicted octanol–water partition coefficient (Wildman–Crippen LogP) is 5.26. The van der Waals surface area contributed by atoms with Gasteiger partial charge in [-0.25, -0.2) is 0 Å². The highest BCUT2D eigenvalue weighted by Crippen LogP contribution is 2.29. The molecule has 0 aromatic heterocycles. The lowest BCUT2D eigenvalue weighted by Crippen LogP contribution is -2.00. The molecule has 1 nitrogen and oxygen atoms in total. The van der Waals surface area contributed by atoms with E-state index in [1.165, 1.54) is 16.0 Å². The lowest BCUT2D eigenvalue weighted by Gasteiger charge is -2.13. The molecule has 0 amide bonds. The van der Waals surface area contributed by atoms with Gasteiger partial charge in [-0.15, -0.1) is 11.8 Å². The second-order valence-electron chi connectivity index (χ2n) is 5.11. The van der Waals surface area contributed by atoms with Crippen LogP contribution in [0.3, 0.4) is 0 Å². The lowest BCUT2D eigenvalue weighted by atomic mass is 9.94. The summed E-state index contributed by atoms with van der Waals surface area (Å²) in [6.07, 6.45) is 6.10. The largest absolute Gasteiger partial charge is 0.298 e. The fraction of sp³-hybridized carbons (Fsp3) is 0.389. The van der Waals surface area contributed by atoms with Crippen LogP contribution in [0.4, 0.5) is 0 Å². The molecule has 1 aromatic rings. The Bertz CT molecular complexity index is 526. The van der Waals surface area contributed by atoms with E-state index in [2.05, 4.69) is 64.3 Å². The lowest BCUT2D eigenvalue weighted by molar-refractivity contribution is -0.105. The zero-order valence-electron chi connectivity index (χ0n) is 13.1. The maximum Gasteiger partial charge on any atom is 0.146 e. The van der Waals surface area contributed by atoms with Crippen molar-refractivity contribution >= 4 is 23.6 Å². The van der Waals surface area contributed by atoms with E-state index in [-0.39, 0.29) is 0 Å². The van der Waals surface area contributed by atoms with Gasteiger partial charge in [0.1, 0.15) is 6.29 Å². The molecule has 20 heavy (non-hydrogen) atoms. The van der Waals surface area contributed by atoms with E-state index in [4.69, 9.17) is 0 Å². The van der Waals surface area contributed by atoms with Gasteiger partial charge in [0.25, 0.3) is 0 Å². The average Bonchev–Trinajstić information content (AvgIpc) is 2.47. The van der Waals surface area contributed by atoms with E-state index >= 15 is 0 Å². The third-order valence-electron chi connectivity index (χ3n) is 3.64. The zero-order chi connectivity index (χ0) is 15.1. The highest BCUT2D eigenvalue weighted by molar-refractivity contribution is 8.02. The van der Waals surface area contributed by atoms with Crippen LogP contribution in [-0.4, -0.2) is 12.5 Å². The number of carbonyl (C=O) groups is 1. The van der Waals surface area contributed by atoms with Crippen LogP contribution in [-0.2, 0) is 4.79 Å². The van der Waals surface area contributed by atoms with E-state index in [9.17, 15) is 4.79 Å². The first-order valence-electron chi connectivity index (χ1n) is 7.02. The van der Waals surface area contributed by atoms with Crippen LogP contribution in [0.2, 0.25) is 0 Å². The molecule has 0 spiro atoms. The Balaban J connectivity index is 3.35. The zero-order valence-corrected chi connectivity index (χ0v) is 13.9. The standard InChI is InChI=1S/C18H24OS/c1-6-14(3)17(12-19)11-18(15(4)20-5)16-9-7-8-13(2)10-16/h7-12,14H,6H2,1-5H3/b17-11-,18-15-. The SMILES string of the molecule is CCC(C)/C(C=O)=C\C(=C(/C)SC)c1cccc(C)c1. The third-order valence-corrected chi connectivity index (χ3v) is 4.48. The summed E-state index contributed by atoms with van der Waals surface area (Å²) >= 11 is 1.72. The van der Waals surface area contributed by atoms with Gasteiger partial charge in [0.05, 0.1) is 0 Å². The molecule has 108 valence electrons. The molecule has 0 saturated carbocycles. The molecule has 0 aliphatic heterocycles. The van der Waals surface area contributed by atoms with Gasteiger partial charge in [0.15, 0.2) is 0 Å². The summed E-state index contributed by atoms with van der Waals surface area (Å²) < 4.78 is 0. The quantitative estimate of drug-likeness (QED) is 0.403. The molecule has 0 aliphatic rings. The minimum Gasteiger partial charge on any atom is -0.298 e. The third kappa shape index (κ3) is 4.38. The molecule has 1 unspecified atom stereocenters. The Morgan fingerprint density at radius 2 is 2.10 bits per heavy atom. The number of carbonyl (C=O) groups excluding carboxylic acids is 1. The highest BCUT2D eigenvalue weighted by Gasteiger charge is 2.10. The Morgan fingerprint density at radius 1 is 1.40 bits per heavy atom. The summed E-state index contributed by atoms with van der Waals surface area (Å²) in [5, 5.41) is 0. The van der Waals surface area contributed by atoms with E-state index in [1.807, 2.05) is 0 Å². The van der Waals surface area contributed by atoms with E-state index < -0.39 is 0 Å². The predicted molar refractivity (Wildman–Crippen MR) is 90.9 cm³/mol. The van der Waals surface area contributed by atoms with Crippen LogP contribution in [0.25, 0.3) is 5.57 Å². The van der Waals surface area contributed by atoms with Gasteiger partial charge in [0.2, 0.25) is 0 Å². The first-order valence-corrected chi connectivity index (χ1v) is 8.24. The Labute approximate surface area is 127 Å². The second kappa shape index (κ2) is 8.11. The van der Waals surface area contributed by atoms with Crippen molar-refractivity contribution in [2.75, 3.05) is 6.26 Å². The molecule has 0 bridgehead atoms. The van der Waals surface area contributed by atoms with Crippen molar-refractivity contribution in [1.29, 1.82) is 0 Å². The highest BCUT2D eigenvalue weighted by atomic mass is 32.2. The molecular formula is C18H24OS. The number of hydrogen-bond donors (Lipinski definition) is 0. The number of thioether (sulfide) groups is 1. The number of aldehydes is 1. The first-order chi connectivity index (χ1) is 9.53. The van der Waals surface area contributed by atoms with Crippen LogP contribution >= 0.6 is 11.8 Å². The Kier molecular flexibility index (Phi) is 6.80. The van der Waals surface area contributed by atoms with E-state index in [0.29, 0.717) is 5.92 Å². The van der Waals surface area contributed by atoms with Crippen molar-refractivity contribution in [2.24, 2.45) is 5.92 Å². The molecule has 1 aromatic carbocycles. The topological polar surface area (TPSA) is 17.1 Å². The van der Waals surface area contributed by atoms with Crippen LogP contribution in [0.15, 0.2) is 40.8 Å². The van der Waals surface area contributed by atoms with Gasteiger partial charge in [-0.2, -0.15) is 0 Å². The fourth-order valence-corrected chi connectivity index (χ4v) is 2.40. The molecule has 0 fully saturated rings. The van der Waals surface area contributed by atoms with Gasteiger partial charge in [-0.1, -0.05) is 43.7 Å². The van der Waals surface area contributed by atoms with Crippen molar-refractivity contribution in [3.05, 3.63) is 51.9 Å². The monoisotopic (exact) mass is 288 g/mol. The average molecular weight is 288 g/mol. The first kappa shape index (κ1) is 16.8. The Morgan fingerprint density at radius 3 is 2.60 bits per heavy atom. The summed E-state index contributed by atoms with van der Waals surface area (Å²) in [7, 11) is 0. The minimum absolute atomic E-state index is 0.293. The van der Waals surface area contributed by atoms with Crippen molar-refractivity contribution < 1.29 is 4.79 Å². The van der Waals surface area contributed by atoms with Gasteiger partial charge in [-0.3, -0.25) is 4.79 Å². The van der Waals surface area contributed by atoms with Gasteiger partial charge < -0.3 is 0 Å². The Hall–Kier alpha value is -1.28. The number of benzene rings is 1.